The summed E-state index contributed by atoms with van der Waals surface area (Å²) in [7, 11) is 0. The number of nitrogens with zero attached hydrogens (tertiary/aromatic N) is 3. The summed E-state index contributed by atoms with van der Waals surface area (Å²) in [5.74, 6) is 0.185. The molecule has 2 unspecified atom stereocenters. The largest absolute Gasteiger partial charge is 0.339 e. The minimum absolute atomic E-state index is 0.00460. The van der Waals surface area contributed by atoms with Crippen LogP contribution in [0.3, 0.4) is 0 Å². The quantitative estimate of drug-likeness (QED) is 0.834. The average molecular weight is 296 g/mol. The monoisotopic (exact) mass is 296 g/mol. The predicted octanol–water partition coefficient (Wildman–Crippen LogP) is 0.720. The summed E-state index contributed by atoms with van der Waals surface area (Å²) >= 11 is 0. The molecule has 1 heterocycles. The van der Waals surface area contributed by atoms with Gasteiger partial charge >= 0.3 is 6.03 Å². The normalized spacial score (nSPS) is 26.0. The SMILES string of the molecule is CCN(CC)C(=O)N1CCN(C(=O)C2CCCC2N)CC1. The minimum atomic E-state index is -0.00460. The number of piperazine rings is 1. The maximum atomic E-state index is 12.5. The van der Waals surface area contributed by atoms with E-state index >= 15 is 0 Å². The van der Waals surface area contributed by atoms with Crippen LogP contribution in [0, 0.1) is 5.92 Å². The molecule has 2 fully saturated rings. The molecule has 120 valence electrons. The Bertz CT molecular complexity index is 376. The Balaban J connectivity index is 1.85. The molecule has 0 radical (unpaired) electrons. The molecule has 1 aliphatic heterocycles. The molecule has 2 aliphatic rings. The highest BCUT2D eigenvalue weighted by Gasteiger charge is 2.35. The lowest BCUT2D eigenvalue weighted by Gasteiger charge is -2.38. The lowest BCUT2D eigenvalue weighted by atomic mass is 10.0. The number of amides is 3. The molecule has 1 saturated heterocycles. The van der Waals surface area contributed by atoms with Gasteiger partial charge in [-0.1, -0.05) is 6.42 Å². The lowest BCUT2D eigenvalue weighted by Crippen LogP contribution is -2.55. The zero-order chi connectivity index (χ0) is 15.4. The summed E-state index contributed by atoms with van der Waals surface area (Å²) in [6.07, 6.45) is 2.92. The summed E-state index contributed by atoms with van der Waals surface area (Å²) in [5.41, 5.74) is 6.02. The number of urea groups is 1. The number of nitrogens with two attached hydrogens (primary N) is 1. The summed E-state index contributed by atoms with van der Waals surface area (Å²) in [6, 6.07) is 0.109. The third-order valence-corrected chi connectivity index (χ3v) is 4.78. The van der Waals surface area contributed by atoms with Gasteiger partial charge in [-0.15, -0.1) is 0 Å². The Morgan fingerprint density at radius 2 is 1.62 bits per heavy atom. The summed E-state index contributed by atoms with van der Waals surface area (Å²) in [4.78, 5) is 30.3. The number of rotatable bonds is 3. The molecule has 21 heavy (non-hydrogen) atoms. The van der Waals surface area contributed by atoms with Gasteiger partial charge < -0.3 is 20.4 Å². The average Bonchev–Trinajstić information content (AvgIpc) is 2.94. The molecule has 0 aromatic rings. The van der Waals surface area contributed by atoms with Gasteiger partial charge in [-0.2, -0.15) is 0 Å². The van der Waals surface area contributed by atoms with Crippen LogP contribution in [-0.4, -0.2) is 71.9 Å². The highest BCUT2D eigenvalue weighted by molar-refractivity contribution is 5.80. The van der Waals surface area contributed by atoms with Crippen molar-refractivity contribution in [2.24, 2.45) is 11.7 Å². The number of carbonyl (C=O) groups excluding carboxylic acids is 2. The Labute approximate surface area is 127 Å². The van der Waals surface area contributed by atoms with Gasteiger partial charge in [-0.25, -0.2) is 4.79 Å². The molecule has 0 aromatic carbocycles. The summed E-state index contributed by atoms with van der Waals surface area (Å²) in [5, 5.41) is 0. The highest BCUT2D eigenvalue weighted by Crippen LogP contribution is 2.26. The van der Waals surface area contributed by atoms with Crippen molar-refractivity contribution in [2.45, 2.75) is 39.2 Å². The molecule has 0 spiro atoms. The van der Waals surface area contributed by atoms with Crippen LogP contribution in [0.5, 0.6) is 0 Å². The number of hydrogen-bond acceptors (Lipinski definition) is 3. The van der Waals surface area contributed by atoms with Gasteiger partial charge in [0.15, 0.2) is 0 Å². The first-order valence-corrected chi connectivity index (χ1v) is 8.16. The molecule has 1 aliphatic carbocycles. The molecule has 1 saturated carbocycles. The van der Waals surface area contributed by atoms with Crippen LogP contribution >= 0.6 is 0 Å². The first kappa shape index (κ1) is 16.1. The fourth-order valence-electron chi connectivity index (χ4n) is 3.34. The van der Waals surface area contributed by atoms with Crippen molar-refractivity contribution in [3.05, 3.63) is 0 Å². The second-order valence-electron chi connectivity index (χ2n) is 5.97. The van der Waals surface area contributed by atoms with E-state index in [1.807, 2.05) is 28.5 Å². The molecule has 0 bridgehead atoms. The lowest BCUT2D eigenvalue weighted by molar-refractivity contribution is -0.137. The van der Waals surface area contributed by atoms with Crippen molar-refractivity contribution in [1.82, 2.24) is 14.7 Å². The van der Waals surface area contributed by atoms with E-state index in [1.165, 1.54) is 0 Å². The van der Waals surface area contributed by atoms with Crippen molar-refractivity contribution in [3.63, 3.8) is 0 Å². The molecule has 3 amide bonds. The topological polar surface area (TPSA) is 69.9 Å². The van der Waals surface area contributed by atoms with Crippen molar-refractivity contribution < 1.29 is 9.59 Å². The number of hydrogen-bond donors (Lipinski definition) is 1. The van der Waals surface area contributed by atoms with Crippen molar-refractivity contribution in [3.8, 4) is 0 Å². The smallest absolute Gasteiger partial charge is 0.320 e. The minimum Gasteiger partial charge on any atom is -0.339 e. The molecular formula is C15H28N4O2. The van der Waals surface area contributed by atoms with E-state index in [0.717, 1.165) is 32.4 Å². The Morgan fingerprint density at radius 3 is 2.10 bits per heavy atom. The molecular weight excluding hydrogens is 268 g/mol. The number of carbonyl (C=O) groups is 2. The Morgan fingerprint density at radius 1 is 1.05 bits per heavy atom. The first-order valence-electron chi connectivity index (χ1n) is 8.16. The molecule has 6 heteroatoms. The van der Waals surface area contributed by atoms with Gasteiger partial charge in [0, 0.05) is 45.3 Å². The van der Waals surface area contributed by atoms with E-state index in [1.54, 1.807) is 0 Å². The van der Waals surface area contributed by atoms with Crippen LogP contribution in [0.2, 0.25) is 0 Å². The predicted molar refractivity (Wildman–Crippen MR) is 81.8 cm³/mol. The first-order chi connectivity index (χ1) is 10.1. The third kappa shape index (κ3) is 3.48. The van der Waals surface area contributed by atoms with Gasteiger partial charge in [0.1, 0.15) is 0 Å². The van der Waals surface area contributed by atoms with Crippen LogP contribution in [0.1, 0.15) is 33.1 Å². The second-order valence-corrected chi connectivity index (χ2v) is 5.97. The van der Waals surface area contributed by atoms with E-state index in [9.17, 15) is 9.59 Å². The summed E-state index contributed by atoms with van der Waals surface area (Å²) in [6.45, 7) is 7.96. The van der Waals surface area contributed by atoms with E-state index in [0.29, 0.717) is 26.2 Å². The van der Waals surface area contributed by atoms with E-state index in [-0.39, 0.29) is 23.9 Å². The van der Waals surface area contributed by atoms with Crippen molar-refractivity contribution in [2.75, 3.05) is 39.3 Å². The fraction of sp³-hybridized carbons (Fsp3) is 0.867. The zero-order valence-electron chi connectivity index (χ0n) is 13.3. The van der Waals surface area contributed by atoms with E-state index in [2.05, 4.69) is 0 Å². The maximum absolute atomic E-state index is 12.5. The second kappa shape index (κ2) is 7.11. The van der Waals surface area contributed by atoms with Gasteiger partial charge in [0.2, 0.25) is 5.91 Å². The zero-order valence-corrected chi connectivity index (χ0v) is 13.3. The Hall–Kier alpha value is -1.30. The summed E-state index contributed by atoms with van der Waals surface area (Å²) < 4.78 is 0. The van der Waals surface area contributed by atoms with Gasteiger partial charge in [-0.3, -0.25) is 4.79 Å². The van der Waals surface area contributed by atoms with Crippen molar-refractivity contribution in [1.29, 1.82) is 0 Å². The molecule has 0 aromatic heterocycles. The van der Waals surface area contributed by atoms with Crippen LogP contribution in [0.4, 0.5) is 4.79 Å². The molecule has 2 N–H and O–H groups in total. The van der Waals surface area contributed by atoms with Crippen LogP contribution in [-0.2, 0) is 4.79 Å². The van der Waals surface area contributed by atoms with Crippen LogP contribution in [0.25, 0.3) is 0 Å². The maximum Gasteiger partial charge on any atom is 0.320 e. The van der Waals surface area contributed by atoms with Gasteiger partial charge in [-0.05, 0) is 26.7 Å². The standard InChI is InChI=1S/C15H28N4O2/c1-3-17(4-2)15(21)19-10-8-18(9-11-19)14(20)12-6-5-7-13(12)16/h12-13H,3-11,16H2,1-2H3. The van der Waals surface area contributed by atoms with Gasteiger partial charge in [0.25, 0.3) is 0 Å². The van der Waals surface area contributed by atoms with Gasteiger partial charge in [0.05, 0.1) is 5.92 Å². The fourth-order valence-corrected chi connectivity index (χ4v) is 3.34. The van der Waals surface area contributed by atoms with Crippen LogP contribution < -0.4 is 5.73 Å². The molecule has 6 nitrogen and oxygen atoms in total. The highest BCUT2D eigenvalue weighted by atomic mass is 16.2. The third-order valence-electron chi connectivity index (χ3n) is 4.78. The van der Waals surface area contributed by atoms with Crippen molar-refractivity contribution >= 4 is 11.9 Å². The molecule has 2 rings (SSSR count). The van der Waals surface area contributed by atoms with E-state index in [4.69, 9.17) is 5.73 Å². The molecule has 2 atom stereocenters. The Kier molecular flexibility index (Phi) is 5.45. The van der Waals surface area contributed by atoms with Crippen LogP contribution in [0.15, 0.2) is 0 Å². The van der Waals surface area contributed by atoms with E-state index < -0.39 is 0 Å².